The first kappa shape index (κ1) is 75.5. The Kier molecular flexibility index (Phi) is 21.7. The molecule has 3 spiro atoms. The molecule has 10 aromatic rings. The Morgan fingerprint density at radius 3 is 1.42 bits per heavy atom. The van der Waals surface area contributed by atoms with Crippen molar-refractivity contribution in [2.24, 2.45) is 0 Å². The highest BCUT2D eigenvalue weighted by atomic mass is 32.1. The van der Waals surface area contributed by atoms with E-state index in [1.54, 1.807) is 42.1 Å². The van der Waals surface area contributed by atoms with Crippen molar-refractivity contribution in [3.63, 3.8) is 0 Å². The maximum absolute atomic E-state index is 14.5. The lowest BCUT2D eigenvalue weighted by molar-refractivity contribution is -0.0346. The maximum Gasteiger partial charge on any atom is 0.275 e. The Labute approximate surface area is 630 Å². The number of aromatic nitrogens is 9. The third kappa shape index (κ3) is 14.9. The molecule has 6 aromatic heterocycles. The zero-order valence-corrected chi connectivity index (χ0v) is 61.6. The quantitative estimate of drug-likeness (QED) is 0.0804. The fourth-order valence-corrected chi connectivity index (χ4v) is 17.9. The van der Waals surface area contributed by atoms with Gasteiger partial charge in [0.1, 0.15) is 56.5 Å². The minimum absolute atomic E-state index is 0.0349. The van der Waals surface area contributed by atoms with E-state index in [1.165, 1.54) is 30.3 Å². The fraction of sp³-hybridized carbons (Fsp3) is 0.368. The van der Waals surface area contributed by atoms with Crippen LogP contribution in [0.25, 0.3) is 31.7 Å². The van der Waals surface area contributed by atoms with Gasteiger partial charge in [0, 0.05) is 128 Å². The number of pyridine rings is 3. The van der Waals surface area contributed by atoms with Crippen LogP contribution in [0.1, 0.15) is 140 Å². The number of likely N-dealkylation sites (N-methyl/N-ethyl adjacent to an activating group) is 2. The molecule has 1 unspecified atom stereocenters. The predicted molar refractivity (Wildman–Crippen MR) is 389 cm³/mol. The predicted octanol–water partition coefficient (Wildman–Crippen LogP) is 11.0. The van der Waals surface area contributed by atoms with E-state index in [-0.39, 0.29) is 97.8 Å². The summed E-state index contributed by atoms with van der Waals surface area (Å²) in [5.74, 6) is -6.96. The number of hydrogen-bond donors (Lipinski definition) is 3. The van der Waals surface area contributed by atoms with Crippen molar-refractivity contribution >= 4 is 51.7 Å². The molecule has 33 heteroatoms. The number of hydrogen-bond acceptors (Lipinski definition) is 21. The topological polar surface area (TPSA) is 290 Å². The van der Waals surface area contributed by atoms with Crippen LogP contribution in [0.3, 0.4) is 0 Å². The monoisotopic (exact) mass is 1550 g/mol. The molecule has 6 aliphatic heterocycles. The van der Waals surface area contributed by atoms with Crippen LogP contribution in [0.4, 0.5) is 26.3 Å². The molecule has 4 aromatic carbocycles. The molecule has 109 heavy (non-hydrogen) atoms. The van der Waals surface area contributed by atoms with Gasteiger partial charge in [-0.3, -0.25) is 28.8 Å². The minimum atomic E-state index is -0.714. The summed E-state index contributed by atoms with van der Waals surface area (Å²) < 4.78 is 110. The van der Waals surface area contributed by atoms with E-state index in [9.17, 15) is 65.3 Å². The van der Waals surface area contributed by atoms with Gasteiger partial charge in [0.05, 0.1) is 33.3 Å². The van der Waals surface area contributed by atoms with Crippen LogP contribution in [0.15, 0.2) is 118 Å². The van der Waals surface area contributed by atoms with Crippen molar-refractivity contribution in [3.05, 3.63) is 223 Å². The lowest BCUT2D eigenvalue weighted by atomic mass is 9.85. The van der Waals surface area contributed by atoms with Crippen LogP contribution in [0, 0.1) is 34.9 Å². The van der Waals surface area contributed by atoms with Gasteiger partial charge in [-0.15, -0.1) is 30.6 Å². The molecule has 0 radical (unpaired) electrons. The molecule has 1 atom stereocenters. The van der Waals surface area contributed by atoms with Crippen molar-refractivity contribution in [3.8, 4) is 49.0 Å². The molecule has 3 saturated heterocycles. The van der Waals surface area contributed by atoms with Gasteiger partial charge in [0.25, 0.3) is 17.7 Å². The van der Waals surface area contributed by atoms with Gasteiger partial charge in [0.15, 0.2) is 49.4 Å². The zero-order valence-electron chi connectivity index (χ0n) is 59.1. The van der Waals surface area contributed by atoms with Gasteiger partial charge in [0.2, 0.25) is 16.3 Å². The number of aromatic hydroxyl groups is 2. The first-order valence-electron chi connectivity index (χ1n) is 35.4. The highest BCUT2D eigenvalue weighted by molar-refractivity contribution is 7.15. The van der Waals surface area contributed by atoms with Gasteiger partial charge in [-0.25, -0.2) is 26.3 Å². The number of amides is 3. The molecular formula is C76H72F6N12O12S3. The standard InChI is InChI=1S/C28H24F2N4O4S.C25H26F2N4O4S.C23H22F2N4O4S/c29-19-7-6-18(21(30)13-19)12-22-32-33-27(39-22)20-14-34-16-28(8-10-37-11-9-28)31-26(36)23(34)25(24(20)35)38-15-17-4-2-1-3-5-17;1-3-15(16-6-5-14(26)11-18(16)27)22-28-29-23(36-22)17-12-30-13-25(7-9-35-10-8-25)31(4-2)24(34)19(30)21(33)20(17)32;1-2-29-22(32)18-20(31)19(30)15(11-28(18)12-23(29)5-7-33-8-6-23)21-27-26-17(34-21)9-13-3-4-14(24)10-16(13)25/h1-7,13-14H,8-12,15-16H2,(H,31,36);5-6,11-12,15,33H,3-4,7-10,13H2,1-2H3;3-4,10-11,31H,2,5-9,12H2,1H3. The summed E-state index contributed by atoms with van der Waals surface area (Å²) in [6, 6.07) is 19.4. The summed E-state index contributed by atoms with van der Waals surface area (Å²) in [5, 5.41) is 51.7. The minimum Gasteiger partial charge on any atom is -0.503 e. The molecule has 6 aliphatic rings. The van der Waals surface area contributed by atoms with Crippen molar-refractivity contribution in [1.82, 2.24) is 59.4 Å². The molecule has 0 saturated carbocycles. The molecule has 12 heterocycles. The number of carbonyl (C=O) groups excluding carboxylic acids is 3. The number of ether oxygens (including phenoxy) is 4. The van der Waals surface area contributed by atoms with Gasteiger partial charge in [-0.1, -0.05) is 89.5 Å². The molecule has 16 rings (SSSR count). The smallest absolute Gasteiger partial charge is 0.275 e. The Bertz CT molecular complexity index is 5340. The molecule has 0 bridgehead atoms. The van der Waals surface area contributed by atoms with Crippen LogP contribution in [0.5, 0.6) is 17.2 Å². The summed E-state index contributed by atoms with van der Waals surface area (Å²) >= 11 is 3.33. The summed E-state index contributed by atoms with van der Waals surface area (Å²) in [6.07, 6.45) is 9.29. The molecule has 3 amide bonds. The molecular weight excluding hydrogens is 1480 g/mol. The molecule has 3 fully saturated rings. The van der Waals surface area contributed by atoms with Crippen LogP contribution >= 0.6 is 34.0 Å². The zero-order chi connectivity index (χ0) is 76.6. The largest absolute Gasteiger partial charge is 0.503 e. The first-order chi connectivity index (χ1) is 52.5. The third-order valence-corrected chi connectivity index (χ3v) is 23.7. The van der Waals surface area contributed by atoms with E-state index in [2.05, 4.69) is 35.9 Å². The van der Waals surface area contributed by atoms with E-state index < -0.39 is 85.2 Å². The lowest BCUT2D eigenvalue weighted by Crippen LogP contribution is -2.60. The molecule has 24 nitrogen and oxygen atoms in total. The lowest BCUT2D eigenvalue weighted by Gasteiger charge is -2.49. The van der Waals surface area contributed by atoms with E-state index in [1.807, 2.05) is 51.1 Å². The SMILES string of the molecule is CCC(c1nnc(-c2cn3c(c(O)c2=O)C(=O)N(CC)C2(CCOCC2)C3)s1)c1ccc(F)cc1F.CCN1C(=O)c2c(O)c(=O)c(-c3nnc(Cc4ccc(F)cc4F)s3)cn2CC12CCOCC2.O=C1NC2(CCOCC2)Cn2cc(-c3nnc(Cc4ccc(F)cc4F)s3)c(=O)c(OCc3ccccc3)c21. The first-order valence-corrected chi connectivity index (χ1v) is 37.9. The van der Waals surface area contributed by atoms with Crippen molar-refractivity contribution in [2.45, 2.75) is 127 Å². The van der Waals surface area contributed by atoms with E-state index in [0.717, 1.165) is 63.8 Å². The van der Waals surface area contributed by atoms with Gasteiger partial charge < -0.3 is 58.0 Å². The van der Waals surface area contributed by atoms with Gasteiger partial charge >= 0.3 is 0 Å². The number of fused-ring (bicyclic) bond motifs is 3. The van der Waals surface area contributed by atoms with E-state index >= 15 is 0 Å². The second-order valence-corrected chi connectivity index (χ2v) is 30.5. The highest BCUT2D eigenvalue weighted by Crippen LogP contribution is 2.42. The summed E-state index contributed by atoms with van der Waals surface area (Å²) in [6.45, 7) is 11.0. The van der Waals surface area contributed by atoms with Crippen LogP contribution < -0.4 is 26.3 Å². The van der Waals surface area contributed by atoms with Gasteiger partial charge in [-0.2, -0.15) is 0 Å². The van der Waals surface area contributed by atoms with E-state index in [0.29, 0.717) is 143 Å². The third-order valence-electron chi connectivity index (χ3n) is 20.8. The number of rotatable bonds is 15. The summed E-state index contributed by atoms with van der Waals surface area (Å²) in [5.41, 5.74) is -1.09. The van der Waals surface area contributed by atoms with Crippen LogP contribution in [-0.2, 0) is 53.3 Å². The van der Waals surface area contributed by atoms with Crippen molar-refractivity contribution < 1.29 is 69.9 Å². The number of nitrogens with one attached hydrogen (secondary N) is 1. The molecule has 568 valence electrons. The van der Waals surface area contributed by atoms with Gasteiger partial charge in [-0.05, 0) is 99.2 Å². The van der Waals surface area contributed by atoms with E-state index in [4.69, 9.17) is 18.9 Å². The summed E-state index contributed by atoms with van der Waals surface area (Å²) in [7, 11) is 0. The molecule has 3 N–H and O–H groups in total. The number of nitrogens with zero attached hydrogens (tertiary/aromatic N) is 11. The number of benzene rings is 4. The Morgan fingerprint density at radius 1 is 0.514 bits per heavy atom. The van der Waals surface area contributed by atoms with Crippen molar-refractivity contribution in [2.75, 3.05) is 52.7 Å². The van der Waals surface area contributed by atoms with Crippen LogP contribution in [0.2, 0.25) is 0 Å². The molecule has 0 aliphatic carbocycles. The second-order valence-electron chi connectivity index (χ2n) is 27.4. The Balaban J connectivity index is 0.000000137. The Morgan fingerprint density at radius 2 is 0.954 bits per heavy atom. The summed E-state index contributed by atoms with van der Waals surface area (Å²) in [4.78, 5) is 83.3. The second kappa shape index (κ2) is 31.3. The normalized spacial score (nSPS) is 17.1. The highest BCUT2D eigenvalue weighted by Gasteiger charge is 2.49. The van der Waals surface area contributed by atoms with Crippen LogP contribution in [-0.4, -0.2) is 151 Å². The maximum atomic E-state index is 14.5. The van der Waals surface area contributed by atoms with Crippen molar-refractivity contribution in [1.29, 1.82) is 0 Å². The Hall–Kier alpha value is -10.3. The average Bonchev–Trinajstić information content (AvgIpc) is 1.72. The average molecular weight is 1560 g/mol. The number of halogens is 6. The number of carbonyl (C=O) groups is 3. The fourth-order valence-electron chi connectivity index (χ4n) is 15.2.